The van der Waals surface area contributed by atoms with Gasteiger partial charge in [0.25, 0.3) is 0 Å². The lowest BCUT2D eigenvalue weighted by molar-refractivity contribution is 0.348. The second-order valence-corrected chi connectivity index (χ2v) is 7.48. The van der Waals surface area contributed by atoms with Crippen molar-refractivity contribution in [2.24, 2.45) is 5.41 Å². The van der Waals surface area contributed by atoms with Crippen LogP contribution in [0.3, 0.4) is 0 Å². The first-order valence-electron chi connectivity index (χ1n) is 7.80. The maximum Gasteiger partial charge on any atom is 0.0506 e. The lowest BCUT2D eigenvalue weighted by atomic mass is 9.85. The summed E-state index contributed by atoms with van der Waals surface area (Å²) in [6, 6.07) is 0.616. The predicted octanol–water partition coefficient (Wildman–Crippen LogP) is 4.85. The topological polar surface area (TPSA) is 3.24 Å². The molecule has 0 N–H and O–H groups in total. The van der Waals surface area contributed by atoms with E-state index in [1.807, 2.05) is 0 Å². The van der Waals surface area contributed by atoms with E-state index in [9.17, 15) is 0 Å². The molecule has 1 nitrogen and oxygen atoms in total. The Morgan fingerprint density at radius 1 is 1.25 bits per heavy atom. The third-order valence-electron chi connectivity index (χ3n) is 4.71. The summed E-state index contributed by atoms with van der Waals surface area (Å²) >= 11 is 4.47. The molecule has 2 aliphatic carbocycles. The van der Waals surface area contributed by atoms with Gasteiger partial charge in [0.05, 0.1) is 6.04 Å². The highest BCUT2D eigenvalue weighted by molar-refractivity contribution is 7.84. The monoisotopic (exact) mass is 287 g/mol. The summed E-state index contributed by atoms with van der Waals surface area (Å²) in [5.74, 6) is 0. The molecule has 1 aliphatic heterocycles. The van der Waals surface area contributed by atoms with Crippen molar-refractivity contribution >= 4 is 12.6 Å². The Morgan fingerprint density at radius 2 is 2.10 bits per heavy atom. The van der Waals surface area contributed by atoms with Crippen molar-refractivity contribution in [3.05, 3.63) is 46.6 Å². The van der Waals surface area contributed by atoms with E-state index in [-0.39, 0.29) is 0 Å². The second kappa shape index (κ2) is 5.48. The molecule has 0 bridgehead atoms. The summed E-state index contributed by atoms with van der Waals surface area (Å²) in [5.41, 5.74) is 3.36. The second-order valence-electron chi connectivity index (χ2n) is 6.91. The Balaban J connectivity index is 1.77. The van der Waals surface area contributed by atoms with Crippen LogP contribution in [-0.2, 0) is 0 Å². The first-order valence-corrected chi connectivity index (χ1v) is 8.24. The van der Waals surface area contributed by atoms with Crippen LogP contribution in [0.5, 0.6) is 0 Å². The third kappa shape index (κ3) is 2.90. The molecule has 0 saturated carbocycles. The maximum absolute atomic E-state index is 4.47. The number of nitrogens with zero attached hydrogens (tertiary/aromatic N) is 1. The summed E-state index contributed by atoms with van der Waals surface area (Å²) in [6.45, 7) is 5.82. The molecule has 0 amide bonds. The summed E-state index contributed by atoms with van der Waals surface area (Å²) < 4.78 is 0. The van der Waals surface area contributed by atoms with Gasteiger partial charge >= 0.3 is 0 Å². The van der Waals surface area contributed by atoms with E-state index in [1.165, 1.54) is 36.4 Å². The first kappa shape index (κ1) is 14.1. The van der Waals surface area contributed by atoms with Crippen molar-refractivity contribution in [1.29, 1.82) is 0 Å². The van der Waals surface area contributed by atoms with Crippen LogP contribution >= 0.6 is 12.6 Å². The molecule has 0 aromatic carbocycles. The van der Waals surface area contributed by atoms with Gasteiger partial charge < -0.3 is 4.90 Å². The molecule has 1 unspecified atom stereocenters. The molecule has 0 aromatic rings. The van der Waals surface area contributed by atoms with Crippen molar-refractivity contribution in [3.63, 3.8) is 0 Å². The Morgan fingerprint density at radius 3 is 2.75 bits per heavy atom. The zero-order valence-corrected chi connectivity index (χ0v) is 13.5. The van der Waals surface area contributed by atoms with Gasteiger partial charge in [-0.25, -0.2) is 0 Å². The fraction of sp³-hybridized carbons (Fsp3) is 0.556. The van der Waals surface area contributed by atoms with Crippen molar-refractivity contribution in [1.82, 2.24) is 4.90 Å². The van der Waals surface area contributed by atoms with Crippen LogP contribution in [0.15, 0.2) is 46.6 Å². The minimum atomic E-state index is 0.326. The highest BCUT2D eigenvalue weighted by atomic mass is 32.1. The van der Waals surface area contributed by atoms with E-state index in [4.69, 9.17) is 0 Å². The molecule has 0 radical (unpaired) electrons. The first-order chi connectivity index (χ1) is 9.55. The molecule has 1 heterocycles. The van der Waals surface area contributed by atoms with Gasteiger partial charge in [-0.2, -0.15) is 0 Å². The highest BCUT2D eigenvalue weighted by Gasteiger charge is 2.30. The van der Waals surface area contributed by atoms with Gasteiger partial charge in [0.1, 0.15) is 0 Å². The van der Waals surface area contributed by atoms with Gasteiger partial charge in [-0.05, 0) is 54.1 Å². The maximum atomic E-state index is 4.47. The normalized spacial score (nSPS) is 29.1. The molecular weight excluding hydrogens is 262 g/mol. The number of thiol groups is 1. The quantitative estimate of drug-likeness (QED) is 0.710. The van der Waals surface area contributed by atoms with E-state index in [0.29, 0.717) is 11.5 Å². The van der Waals surface area contributed by atoms with Crippen LogP contribution in [0.1, 0.15) is 46.0 Å². The van der Waals surface area contributed by atoms with Crippen LogP contribution in [0.25, 0.3) is 0 Å². The van der Waals surface area contributed by atoms with Gasteiger partial charge in [-0.3, -0.25) is 0 Å². The molecule has 3 rings (SSSR count). The zero-order chi connectivity index (χ0) is 14.2. The van der Waals surface area contributed by atoms with Crippen LogP contribution in [0, 0.1) is 5.41 Å². The van der Waals surface area contributed by atoms with Crippen LogP contribution in [-0.4, -0.2) is 17.5 Å². The number of likely N-dealkylation sites (tertiary alicyclic amines) is 1. The SMILES string of the molecule is CC1(C)C=CC(N2CCCC2C2=CC=C(S)CC2)=CC1. The molecule has 1 saturated heterocycles. The molecule has 0 spiro atoms. The lowest BCUT2D eigenvalue weighted by Crippen LogP contribution is -2.31. The van der Waals surface area contributed by atoms with E-state index in [0.717, 1.165) is 12.8 Å². The minimum absolute atomic E-state index is 0.326. The fourth-order valence-electron chi connectivity index (χ4n) is 3.41. The lowest BCUT2D eigenvalue weighted by Gasteiger charge is -2.34. The van der Waals surface area contributed by atoms with Gasteiger partial charge in [0, 0.05) is 12.2 Å². The van der Waals surface area contributed by atoms with Gasteiger partial charge in [0.2, 0.25) is 0 Å². The Hall–Kier alpha value is -0.890. The fourth-order valence-corrected chi connectivity index (χ4v) is 3.60. The van der Waals surface area contributed by atoms with Crippen molar-refractivity contribution in [3.8, 4) is 0 Å². The molecule has 1 fully saturated rings. The van der Waals surface area contributed by atoms with Gasteiger partial charge in [-0.1, -0.05) is 38.2 Å². The summed E-state index contributed by atoms with van der Waals surface area (Å²) in [4.78, 5) is 3.84. The largest absolute Gasteiger partial charge is 0.365 e. The molecular formula is C18H25NS. The number of allylic oxidation sites excluding steroid dienone is 6. The Kier molecular flexibility index (Phi) is 3.85. The predicted molar refractivity (Wildman–Crippen MR) is 89.7 cm³/mol. The van der Waals surface area contributed by atoms with E-state index >= 15 is 0 Å². The average molecular weight is 287 g/mol. The average Bonchev–Trinajstić information content (AvgIpc) is 2.89. The third-order valence-corrected chi connectivity index (χ3v) is 5.09. The van der Waals surface area contributed by atoms with Crippen LogP contribution < -0.4 is 0 Å². The summed E-state index contributed by atoms with van der Waals surface area (Å²) in [7, 11) is 0. The van der Waals surface area contributed by atoms with Gasteiger partial charge in [0.15, 0.2) is 0 Å². The molecule has 108 valence electrons. The summed E-state index contributed by atoms with van der Waals surface area (Å²) in [6.07, 6.45) is 17.7. The molecule has 0 aromatic heterocycles. The Bertz CT molecular complexity index is 508. The standard InChI is InChI=1S/C18H25NS/c1-18(2)11-9-15(10-12-18)19-13-3-4-17(19)14-5-7-16(20)8-6-14/h5,7,9-11,17,20H,3-4,6,8,12-13H2,1-2H3. The van der Waals surface area contributed by atoms with Gasteiger partial charge in [-0.15, -0.1) is 12.6 Å². The van der Waals surface area contributed by atoms with E-state index < -0.39 is 0 Å². The molecule has 3 aliphatic rings. The van der Waals surface area contributed by atoms with Crippen molar-refractivity contribution < 1.29 is 0 Å². The molecule has 20 heavy (non-hydrogen) atoms. The number of hydrogen-bond acceptors (Lipinski definition) is 2. The molecule has 1 atom stereocenters. The Labute approximate surface area is 128 Å². The molecule has 2 heteroatoms. The summed E-state index contributed by atoms with van der Waals surface area (Å²) in [5, 5.41) is 0. The number of rotatable bonds is 2. The smallest absolute Gasteiger partial charge is 0.0506 e. The zero-order valence-electron chi connectivity index (χ0n) is 12.6. The van der Waals surface area contributed by atoms with Crippen LogP contribution in [0.4, 0.5) is 0 Å². The van der Waals surface area contributed by atoms with E-state index in [2.05, 4.69) is 61.8 Å². The minimum Gasteiger partial charge on any atom is -0.365 e. The van der Waals surface area contributed by atoms with Crippen molar-refractivity contribution in [2.75, 3.05) is 6.54 Å². The van der Waals surface area contributed by atoms with Crippen molar-refractivity contribution in [2.45, 2.75) is 52.0 Å². The van der Waals surface area contributed by atoms with Crippen LogP contribution in [0.2, 0.25) is 0 Å². The number of hydrogen-bond donors (Lipinski definition) is 1. The van der Waals surface area contributed by atoms with E-state index in [1.54, 1.807) is 5.57 Å². The highest BCUT2D eigenvalue weighted by Crippen LogP contribution is 2.36.